The molecule has 188 valence electrons. The first kappa shape index (κ1) is 25.0. The Bertz CT molecular complexity index is 1080. The van der Waals surface area contributed by atoms with Crippen LogP contribution in [0.25, 0.3) is 0 Å². The molecule has 0 bridgehead atoms. The lowest BCUT2D eigenvalue weighted by Crippen LogP contribution is -2.55. The van der Waals surface area contributed by atoms with Crippen LogP contribution in [0.1, 0.15) is 61.3 Å². The molecule has 10 nitrogen and oxygen atoms in total. The Balaban J connectivity index is 1.37. The van der Waals surface area contributed by atoms with Gasteiger partial charge in [0.2, 0.25) is 5.91 Å². The van der Waals surface area contributed by atoms with E-state index in [9.17, 15) is 14.4 Å². The van der Waals surface area contributed by atoms with Gasteiger partial charge >= 0.3 is 5.97 Å². The van der Waals surface area contributed by atoms with Crippen LogP contribution in [-0.2, 0) is 19.1 Å². The molecule has 11 heteroatoms. The van der Waals surface area contributed by atoms with E-state index in [0.717, 1.165) is 53.0 Å². The third kappa shape index (κ3) is 6.33. The summed E-state index contributed by atoms with van der Waals surface area (Å²) < 4.78 is 4.87. The van der Waals surface area contributed by atoms with Crippen molar-refractivity contribution in [2.45, 2.75) is 64.8 Å². The summed E-state index contributed by atoms with van der Waals surface area (Å²) in [6.07, 6.45) is 5.73. The Morgan fingerprint density at radius 3 is 2.57 bits per heavy atom. The summed E-state index contributed by atoms with van der Waals surface area (Å²) in [5, 5.41) is 4.07. The number of aromatic nitrogens is 3. The fraction of sp³-hybridized carbons (Fsp3) is 0.583. The van der Waals surface area contributed by atoms with Crippen LogP contribution in [0, 0.1) is 13.8 Å². The Morgan fingerprint density at radius 1 is 1.11 bits per heavy atom. The Hall–Kier alpha value is -3.08. The lowest BCUT2D eigenvalue weighted by molar-refractivity contribution is -0.155. The normalized spacial score (nSPS) is 18.9. The van der Waals surface area contributed by atoms with Crippen molar-refractivity contribution < 1.29 is 19.1 Å². The highest BCUT2D eigenvalue weighted by Gasteiger charge is 2.36. The van der Waals surface area contributed by atoms with Gasteiger partial charge in [0.05, 0.1) is 0 Å². The maximum atomic E-state index is 13.3. The minimum absolute atomic E-state index is 0.0222. The van der Waals surface area contributed by atoms with E-state index in [4.69, 9.17) is 9.72 Å². The number of anilines is 2. The van der Waals surface area contributed by atoms with Crippen molar-refractivity contribution in [3.05, 3.63) is 28.7 Å². The number of nitrogens with zero attached hydrogens (tertiary/aromatic N) is 5. The number of carbonyl (C=O) groups is 3. The van der Waals surface area contributed by atoms with Crippen molar-refractivity contribution in [1.82, 2.24) is 24.8 Å². The SMILES string of the molecule is CC(=O)OCC(=O)N1CCCCC1C(=O)N1CCC(c2nc(C)cc(Nc3ncc(C)s3)n2)CC1. The highest BCUT2D eigenvalue weighted by molar-refractivity contribution is 7.15. The molecule has 4 heterocycles. The molecule has 35 heavy (non-hydrogen) atoms. The Labute approximate surface area is 209 Å². The molecule has 1 atom stereocenters. The molecule has 2 aromatic heterocycles. The summed E-state index contributed by atoms with van der Waals surface area (Å²) in [6.45, 7) is 6.62. The van der Waals surface area contributed by atoms with E-state index in [1.807, 2.05) is 31.0 Å². The van der Waals surface area contributed by atoms with Gasteiger partial charge in [0.25, 0.3) is 5.91 Å². The Kier molecular flexibility index (Phi) is 7.94. The van der Waals surface area contributed by atoms with E-state index < -0.39 is 12.0 Å². The number of thiazole rings is 1. The maximum absolute atomic E-state index is 13.3. The summed E-state index contributed by atoms with van der Waals surface area (Å²) in [5.41, 5.74) is 0.883. The summed E-state index contributed by atoms with van der Waals surface area (Å²) >= 11 is 1.57. The summed E-state index contributed by atoms with van der Waals surface area (Å²) in [4.78, 5) is 55.3. The monoisotopic (exact) mass is 500 g/mol. The number of nitrogens with one attached hydrogen (secondary N) is 1. The molecular weight excluding hydrogens is 468 g/mol. The number of amides is 2. The van der Waals surface area contributed by atoms with Gasteiger partial charge in [0.15, 0.2) is 11.7 Å². The van der Waals surface area contributed by atoms with Crippen molar-refractivity contribution in [2.24, 2.45) is 0 Å². The van der Waals surface area contributed by atoms with Crippen molar-refractivity contribution in [3.8, 4) is 0 Å². The molecule has 2 aliphatic rings. The second-order valence-electron chi connectivity index (χ2n) is 9.13. The van der Waals surface area contributed by atoms with Gasteiger partial charge in [0, 0.05) is 55.3 Å². The van der Waals surface area contributed by atoms with Crippen LogP contribution in [-0.4, -0.2) is 74.8 Å². The number of carbonyl (C=O) groups excluding carboxylic acids is 3. The molecule has 2 aromatic rings. The first-order valence-electron chi connectivity index (χ1n) is 12.1. The molecule has 2 fully saturated rings. The number of hydrogen-bond acceptors (Lipinski definition) is 9. The molecule has 1 N–H and O–H groups in total. The molecule has 0 aromatic carbocycles. The van der Waals surface area contributed by atoms with Crippen molar-refractivity contribution >= 4 is 40.1 Å². The topological polar surface area (TPSA) is 118 Å². The van der Waals surface area contributed by atoms with E-state index in [-0.39, 0.29) is 24.3 Å². The van der Waals surface area contributed by atoms with E-state index in [1.54, 1.807) is 16.2 Å². The van der Waals surface area contributed by atoms with Gasteiger partial charge in [-0.25, -0.2) is 15.0 Å². The minimum Gasteiger partial charge on any atom is -0.456 e. The Morgan fingerprint density at radius 2 is 1.89 bits per heavy atom. The van der Waals surface area contributed by atoms with Crippen LogP contribution in [0.4, 0.5) is 10.9 Å². The molecule has 2 saturated heterocycles. The van der Waals surface area contributed by atoms with Crippen LogP contribution in [0.2, 0.25) is 0 Å². The average molecular weight is 501 g/mol. The smallest absolute Gasteiger partial charge is 0.303 e. The van der Waals surface area contributed by atoms with E-state index in [1.165, 1.54) is 6.92 Å². The van der Waals surface area contributed by atoms with E-state index >= 15 is 0 Å². The fourth-order valence-corrected chi connectivity index (χ4v) is 5.33. The van der Waals surface area contributed by atoms with Crippen molar-refractivity contribution in [1.29, 1.82) is 0 Å². The van der Waals surface area contributed by atoms with Gasteiger partial charge in [-0.05, 0) is 46.0 Å². The number of ether oxygens (including phenoxy) is 1. The second kappa shape index (κ2) is 11.1. The highest BCUT2D eigenvalue weighted by Crippen LogP contribution is 2.29. The van der Waals surface area contributed by atoms with Crippen LogP contribution in [0.15, 0.2) is 12.3 Å². The molecule has 1 unspecified atom stereocenters. The van der Waals surface area contributed by atoms with Crippen molar-refractivity contribution in [2.75, 3.05) is 31.6 Å². The number of hydrogen-bond donors (Lipinski definition) is 1. The molecule has 0 saturated carbocycles. The third-order valence-corrected chi connectivity index (χ3v) is 7.23. The highest BCUT2D eigenvalue weighted by atomic mass is 32.1. The summed E-state index contributed by atoms with van der Waals surface area (Å²) in [6, 6.07) is 1.42. The van der Waals surface area contributed by atoms with Gasteiger partial charge in [-0.15, -0.1) is 11.3 Å². The largest absolute Gasteiger partial charge is 0.456 e. The number of piperidine rings is 2. The first-order chi connectivity index (χ1) is 16.8. The molecule has 0 spiro atoms. The zero-order valence-corrected chi connectivity index (χ0v) is 21.3. The van der Waals surface area contributed by atoms with Gasteiger partial charge in [-0.1, -0.05) is 0 Å². The van der Waals surface area contributed by atoms with Gasteiger partial charge in [0.1, 0.15) is 17.7 Å². The molecular formula is C24H32N6O4S. The zero-order chi connectivity index (χ0) is 24.9. The minimum atomic E-state index is -0.501. The average Bonchev–Trinajstić information content (AvgIpc) is 3.26. The molecule has 2 aliphatic heterocycles. The van der Waals surface area contributed by atoms with Gasteiger partial charge in [-0.3, -0.25) is 14.4 Å². The quantitative estimate of drug-likeness (QED) is 0.602. The predicted molar refractivity (Wildman–Crippen MR) is 131 cm³/mol. The summed E-state index contributed by atoms with van der Waals surface area (Å²) in [5.74, 6) is 0.834. The number of likely N-dealkylation sites (tertiary alicyclic amines) is 2. The molecule has 0 aliphatic carbocycles. The molecule has 0 radical (unpaired) electrons. The van der Waals surface area contributed by atoms with E-state index in [2.05, 4.69) is 15.3 Å². The van der Waals surface area contributed by atoms with Crippen LogP contribution in [0.5, 0.6) is 0 Å². The van der Waals surface area contributed by atoms with Gasteiger partial charge < -0.3 is 19.9 Å². The van der Waals surface area contributed by atoms with Crippen LogP contribution in [0.3, 0.4) is 0 Å². The second-order valence-corrected chi connectivity index (χ2v) is 10.4. The molecule has 4 rings (SSSR count). The number of aryl methyl sites for hydroxylation is 2. The maximum Gasteiger partial charge on any atom is 0.303 e. The predicted octanol–water partition coefficient (Wildman–Crippen LogP) is 2.94. The molecule has 2 amide bonds. The number of rotatable bonds is 6. The standard InChI is InChI=1S/C24H32N6O4S/c1-15-12-20(28-24-25-13-16(2)35-24)27-22(26-15)18-7-10-29(11-8-18)23(33)19-6-4-5-9-30(19)21(32)14-34-17(3)31/h12-13,18-19H,4-11,14H2,1-3H3,(H,25,26,27,28). The first-order valence-corrected chi connectivity index (χ1v) is 12.9. The summed E-state index contributed by atoms with van der Waals surface area (Å²) in [7, 11) is 0. The van der Waals surface area contributed by atoms with E-state index in [0.29, 0.717) is 26.1 Å². The van der Waals surface area contributed by atoms with Crippen LogP contribution >= 0.6 is 11.3 Å². The lowest BCUT2D eigenvalue weighted by Gasteiger charge is -2.39. The zero-order valence-electron chi connectivity index (χ0n) is 20.5. The fourth-order valence-electron chi connectivity index (χ4n) is 4.66. The number of esters is 1. The lowest BCUT2D eigenvalue weighted by atomic mass is 9.94. The van der Waals surface area contributed by atoms with Crippen molar-refractivity contribution in [3.63, 3.8) is 0 Å². The van der Waals surface area contributed by atoms with Gasteiger partial charge in [-0.2, -0.15) is 0 Å². The third-order valence-electron chi connectivity index (χ3n) is 6.41. The van der Waals surface area contributed by atoms with Crippen LogP contribution < -0.4 is 5.32 Å².